The lowest BCUT2D eigenvalue weighted by Gasteiger charge is -2.26. The van der Waals surface area contributed by atoms with E-state index in [0.717, 1.165) is 0 Å². The smallest absolute Gasteiger partial charge is 0.0354 e. The van der Waals surface area contributed by atoms with E-state index in [2.05, 4.69) is 34.6 Å². The molecule has 0 saturated heterocycles. The van der Waals surface area contributed by atoms with Crippen LogP contribution >= 0.6 is 0 Å². The van der Waals surface area contributed by atoms with Crippen LogP contribution in [0.3, 0.4) is 0 Å². The molecule has 10 heavy (non-hydrogen) atoms. The molecule has 61 valence electrons. The van der Waals surface area contributed by atoms with Crippen LogP contribution in [0.25, 0.3) is 0 Å². The Balaban J connectivity index is 3.52. The van der Waals surface area contributed by atoms with Gasteiger partial charge in [0.15, 0.2) is 0 Å². The average Bonchev–Trinajstić information content (AvgIpc) is 1.80. The summed E-state index contributed by atoms with van der Waals surface area (Å²) >= 11 is 0. The van der Waals surface area contributed by atoms with E-state index in [4.69, 9.17) is 0 Å². The van der Waals surface area contributed by atoms with Crippen LogP contribution in [0.15, 0.2) is 0 Å². The number of rotatable bonds is 3. The van der Waals surface area contributed by atoms with Crippen molar-refractivity contribution in [2.45, 2.75) is 47.0 Å². The van der Waals surface area contributed by atoms with Crippen LogP contribution in [0.4, 0.5) is 0 Å². The van der Waals surface area contributed by atoms with Crippen LogP contribution < -0.4 is 0 Å². The minimum atomic E-state index is 0.398. The number of unbranched alkanes of at least 4 members (excludes halogenated alkanes) is 1. The molecule has 0 amide bonds. The Morgan fingerprint density at radius 2 is 1.80 bits per heavy atom. The predicted molar refractivity (Wildman–Crippen MR) is 47.8 cm³/mol. The van der Waals surface area contributed by atoms with Gasteiger partial charge in [0.1, 0.15) is 0 Å². The topological polar surface area (TPSA) is 0 Å². The van der Waals surface area contributed by atoms with Gasteiger partial charge < -0.3 is 0 Å². The van der Waals surface area contributed by atoms with Gasteiger partial charge in [0.05, 0.1) is 0 Å². The zero-order chi connectivity index (χ0) is 8.20. The summed E-state index contributed by atoms with van der Waals surface area (Å²) in [5, 5.41) is 0. The van der Waals surface area contributed by atoms with E-state index >= 15 is 0 Å². The van der Waals surface area contributed by atoms with Gasteiger partial charge in [0, 0.05) is 0 Å². The second-order valence-electron chi connectivity index (χ2n) is 4.21. The van der Waals surface area contributed by atoms with Crippen LogP contribution in [0.5, 0.6) is 0 Å². The molecule has 0 aromatic rings. The lowest BCUT2D eigenvalue weighted by atomic mass is 9.79. The van der Waals surface area contributed by atoms with Gasteiger partial charge in [-0.3, -0.25) is 0 Å². The lowest BCUT2D eigenvalue weighted by molar-refractivity contribution is 0.270. The third-order valence-electron chi connectivity index (χ3n) is 2.13. The van der Waals surface area contributed by atoms with Crippen LogP contribution in [-0.4, -0.2) is 0 Å². The number of hydrogen-bond donors (Lipinski definition) is 0. The monoisotopic (exact) mass is 141 g/mol. The minimum Gasteiger partial charge on any atom is -0.0654 e. The Labute approximate surface area is 66.0 Å². The molecule has 0 rings (SSSR count). The van der Waals surface area contributed by atoms with E-state index < -0.39 is 0 Å². The summed E-state index contributed by atoms with van der Waals surface area (Å²) in [7, 11) is 0. The second kappa shape index (κ2) is 4.00. The molecule has 0 aliphatic rings. The summed E-state index contributed by atoms with van der Waals surface area (Å²) in [5.41, 5.74) is 0.398. The Hall–Kier alpha value is 0. The Bertz CT molecular complexity index is 76.5. The maximum Gasteiger partial charge on any atom is -0.0354 e. The van der Waals surface area contributed by atoms with E-state index in [1.54, 1.807) is 0 Å². The largest absolute Gasteiger partial charge is 0.0654 e. The highest BCUT2D eigenvalue weighted by molar-refractivity contribution is 4.75. The van der Waals surface area contributed by atoms with Gasteiger partial charge in [-0.1, -0.05) is 40.5 Å². The second-order valence-corrected chi connectivity index (χ2v) is 4.21. The van der Waals surface area contributed by atoms with Gasteiger partial charge in [0.25, 0.3) is 0 Å². The Morgan fingerprint density at radius 1 is 1.30 bits per heavy atom. The maximum atomic E-state index is 4.15. The molecule has 0 fully saturated rings. The molecule has 1 unspecified atom stereocenters. The van der Waals surface area contributed by atoms with Gasteiger partial charge >= 0.3 is 0 Å². The summed E-state index contributed by atoms with van der Waals surface area (Å²) in [6, 6.07) is 0. The molecule has 0 heteroatoms. The standard InChI is InChI=1S/C10H21/c1-6-7-8-9(2)10(3,4)5/h9H,2,6-8H2,1,3-5H3. The highest BCUT2D eigenvalue weighted by Crippen LogP contribution is 2.28. The molecule has 0 N–H and O–H groups in total. The zero-order valence-electron chi connectivity index (χ0n) is 7.91. The Morgan fingerprint density at radius 3 is 2.10 bits per heavy atom. The van der Waals surface area contributed by atoms with Gasteiger partial charge in [-0.15, -0.1) is 0 Å². The third-order valence-corrected chi connectivity index (χ3v) is 2.13. The molecule has 0 bridgehead atoms. The van der Waals surface area contributed by atoms with Crippen LogP contribution in [-0.2, 0) is 0 Å². The quantitative estimate of drug-likeness (QED) is 0.562. The molecule has 0 nitrogen and oxygen atoms in total. The maximum absolute atomic E-state index is 4.15. The molecule has 1 atom stereocenters. The molecule has 0 aromatic carbocycles. The van der Waals surface area contributed by atoms with Crippen molar-refractivity contribution in [3.8, 4) is 0 Å². The molecule has 0 heterocycles. The molecular weight excluding hydrogens is 120 g/mol. The first-order chi connectivity index (χ1) is 4.48. The summed E-state index contributed by atoms with van der Waals surface area (Å²) in [6.45, 7) is 13.2. The normalized spacial score (nSPS) is 15.3. The van der Waals surface area contributed by atoms with Gasteiger partial charge in [0.2, 0.25) is 0 Å². The summed E-state index contributed by atoms with van der Waals surface area (Å²) in [6.07, 6.45) is 3.90. The van der Waals surface area contributed by atoms with Crippen molar-refractivity contribution in [2.24, 2.45) is 11.3 Å². The van der Waals surface area contributed by atoms with Crippen LogP contribution in [0.2, 0.25) is 0 Å². The molecule has 0 saturated carbocycles. The molecule has 0 aliphatic heterocycles. The van der Waals surface area contributed by atoms with Crippen molar-refractivity contribution in [1.82, 2.24) is 0 Å². The first kappa shape index (κ1) is 10.0. The van der Waals surface area contributed by atoms with Crippen molar-refractivity contribution in [3.63, 3.8) is 0 Å². The highest BCUT2D eigenvalue weighted by Gasteiger charge is 2.18. The fourth-order valence-electron chi connectivity index (χ4n) is 0.884. The third kappa shape index (κ3) is 3.92. The lowest BCUT2D eigenvalue weighted by Crippen LogP contribution is -2.17. The summed E-state index contributed by atoms with van der Waals surface area (Å²) in [5.74, 6) is 0.618. The van der Waals surface area contributed by atoms with E-state index in [1.165, 1.54) is 19.3 Å². The van der Waals surface area contributed by atoms with Gasteiger partial charge in [-0.05, 0) is 24.7 Å². The molecule has 0 aliphatic carbocycles. The SMILES string of the molecule is [CH2]C(CCCC)C(C)(C)C. The fraction of sp³-hybridized carbons (Fsp3) is 0.900. The molecule has 0 aromatic heterocycles. The van der Waals surface area contributed by atoms with Crippen LogP contribution in [0.1, 0.15) is 47.0 Å². The average molecular weight is 141 g/mol. The minimum absolute atomic E-state index is 0.398. The van der Waals surface area contributed by atoms with E-state index in [9.17, 15) is 0 Å². The number of hydrogen-bond acceptors (Lipinski definition) is 0. The Kier molecular flexibility index (Phi) is 4.00. The molecule has 0 spiro atoms. The van der Waals surface area contributed by atoms with Crippen molar-refractivity contribution in [2.75, 3.05) is 0 Å². The first-order valence-corrected chi connectivity index (χ1v) is 4.31. The van der Waals surface area contributed by atoms with Crippen molar-refractivity contribution >= 4 is 0 Å². The summed E-state index contributed by atoms with van der Waals surface area (Å²) < 4.78 is 0. The summed E-state index contributed by atoms with van der Waals surface area (Å²) in [4.78, 5) is 0. The first-order valence-electron chi connectivity index (χ1n) is 4.31. The van der Waals surface area contributed by atoms with Crippen LogP contribution in [0, 0.1) is 18.3 Å². The molecular formula is C10H21. The van der Waals surface area contributed by atoms with Gasteiger partial charge in [-0.25, -0.2) is 0 Å². The van der Waals surface area contributed by atoms with Crippen molar-refractivity contribution < 1.29 is 0 Å². The van der Waals surface area contributed by atoms with E-state index in [-0.39, 0.29) is 0 Å². The van der Waals surface area contributed by atoms with E-state index in [1.807, 2.05) is 0 Å². The fourth-order valence-corrected chi connectivity index (χ4v) is 0.884. The van der Waals surface area contributed by atoms with E-state index in [0.29, 0.717) is 11.3 Å². The predicted octanol–water partition coefficient (Wildman–Crippen LogP) is 3.67. The molecule has 1 radical (unpaired) electrons. The van der Waals surface area contributed by atoms with Crippen molar-refractivity contribution in [3.05, 3.63) is 6.92 Å². The van der Waals surface area contributed by atoms with Gasteiger partial charge in [-0.2, -0.15) is 0 Å². The highest BCUT2D eigenvalue weighted by atomic mass is 14.2. The van der Waals surface area contributed by atoms with Crippen molar-refractivity contribution in [1.29, 1.82) is 0 Å². The zero-order valence-corrected chi connectivity index (χ0v) is 7.91.